The molecular weight excluding hydrogens is 404 g/mol. The zero-order valence-electron chi connectivity index (χ0n) is 13.6. The van der Waals surface area contributed by atoms with Crippen molar-refractivity contribution in [3.8, 4) is 5.75 Å². The predicted octanol–water partition coefficient (Wildman–Crippen LogP) is 4.96. The molecule has 0 spiro atoms. The third-order valence-corrected chi connectivity index (χ3v) is 4.45. The highest BCUT2D eigenvalue weighted by molar-refractivity contribution is 9.10. The lowest BCUT2D eigenvalue weighted by molar-refractivity contribution is 0.107. The molecule has 128 valence electrons. The fourth-order valence-corrected chi connectivity index (χ4v) is 2.98. The molecule has 3 aromatic rings. The Kier molecular flexibility index (Phi) is 5.56. The first-order valence-electron chi connectivity index (χ1n) is 7.72. The van der Waals surface area contributed by atoms with Gasteiger partial charge in [-0.15, -0.1) is 0 Å². The average molecular weight is 420 g/mol. The molecule has 6 heteroatoms. The van der Waals surface area contributed by atoms with Crippen molar-refractivity contribution in [3.63, 3.8) is 0 Å². The number of hydrogen-bond donors (Lipinski definition) is 0. The Balaban J connectivity index is 1.83. The number of hydrogen-bond acceptors (Lipinski definition) is 3. The van der Waals surface area contributed by atoms with Gasteiger partial charge in [-0.25, -0.2) is 0 Å². The zero-order chi connectivity index (χ0) is 17.8. The molecule has 0 fully saturated rings. The van der Waals surface area contributed by atoms with Crippen LogP contribution in [-0.4, -0.2) is 15.0 Å². The van der Waals surface area contributed by atoms with E-state index in [2.05, 4.69) is 21.0 Å². The first-order valence-corrected chi connectivity index (χ1v) is 8.89. The van der Waals surface area contributed by atoms with Gasteiger partial charge in [-0.2, -0.15) is 5.10 Å². The van der Waals surface area contributed by atoms with Crippen molar-refractivity contribution in [2.45, 2.75) is 20.1 Å². The van der Waals surface area contributed by atoms with Gasteiger partial charge in [0.15, 0.2) is 0 Å². The number of aromatic nitrogens is 2. The van der Waals surface area contributed by atoms with Crippen LogP contribution in [0.2, 0.25) is 0 Å². The van der Waals surface area contributed by atoms with E-state index in [1.807, 2.05) is 55.5 Å². The Morgan fingerprint density at radius 2 is 1.96 bits per heavy atom. The quantitative estimate of drug-likeness (QED) is 0.530. The van der Waals surface area contributed by atoms with Gasteiger partial charge in [0, 0.05) is 15.7 Å². The van der Waals surface area contributed by atoms with Crippen LogP contribution in [0.25, 0.3) is 0 Å². The largest absolute Gasteiger partial charge is 0.489 e. The topological polar surface area (TPSA) is 44.1 Å². The number of ether oxygens (including phenoxy) is 1. The molecule has 0 aliphatic carbocycles. The minimum atomic E-state index is -0.559. The number of aryl methyl sites for hydroxylation is 1. The average Bonchev–Trinajstić information content (AvgIpc) is 2.96. The minimum absolute atomic E-state index is 0.251. The fourth-order valence-electron chi connectivity index (χ4n) is 2.48. The first-order chi connectivity index (χ1) is 12.0. The molecule has 0 aliphatic rings. The van der Waals surface area contributed by atoms with Gasteiger partial charge >= 0.3 is 0 Å². The van der Waals surface area contributed by atoms with Gasteiger partial charge in [0.05, 0.1) is 6.54 Å². The predicted molar refractivity (Wildman–Crippen MR) is 101 cm³/mol. The van der Waals surface area contributed by atoms with Crippen molar-refractivity contribution in [2.75, 3.05) is 0 Å². The molecule has 1 heterocycles. The molecule has 4 nitrogen and oxygen atoms in total. The Morgan fingerprint density at radius 3 is 2.64 bits per heavy atom. The van der Waals surface area contributed by atoms with Crippen LogP contribution in [0.5, 0.6) is 5.75 Å². The smallest absolute Gasteiger partial charge is 0.272 e. The van der Waals surface area contributed by atoms with E-state index in [4.69, 9.17) is 16.3 Å². The summed E-state index contributed by atoms with van der Waals surface area (Å²) in [5.41, 5.74) is 3.17. The van der Waals surface area contributed by atoms with E-state index in [9.17, 15) is 4.79 Å². The Morgan fingerprint density at radius 1 is 1.20 bits per heavy atom. The number of nitrogens with zero attached hydrogens (tertiary/aromatic N) is 2. The second-order valence-corrected chi connectivity index (χ2v) is 6.89. The van der Waals surface area contributed by atoms with Crippen molar-refractivity contribution in [1.82, 2.24) is 9.78 Å². The van der Waals surface area contributed by atoms with Crippen LogP contribution in [-0.2, 0) is 13.2 Å². The van der Waals surface area contributed by atoms with Crippen molar-refractivity contribution in [3.05, 3.63) is 81.6 Å². The standard InChI is InChI=1S/C19H16BrClN2O2/c1-13-9-17(19(21)24)22-23(13)11-15-10-16(20)7-8-18(15)25-12-14-5-3-2-4-6-14/h2-10H,11-12H2,1H3. The summed E-state index contributed by atoms with van der Waals surface area (Å²) >= 11 is 9.01. The monoisotopic (exact) mass is 418 g/mol. The number of rotatable bonds is 6. The molecular formula is C19H16BrClN2O2. The van der Waals surface area contributed by atoms with Gasteiger partial charge in [-0.05, 0) is 48.4 Å². The third-order valence-electron chi connectivity index (χ3n) is 3.76. The second-order valence-electron chi connectivity index (χ2n) is 5.63. The summed E-state index contributed by atoms with van der Waals surface area (Å²) in [6.07, 6.45) is 0. The van der Waals surface area contributed by atoms with Crippen LogP contribution in [0.15, 0.2) is 59.1 Å². The maximum atomic E-state index is 11.3. The highest BCUT2D eigenvalue weighted by Crippen LogP contribution is 2.25. The van der Waals surface area contributed by atoms with Crippen LogP contribution < -0.4 is 4.74 Å². The summed E-state index contributed by atoms with van der Waals surface area (Å²) in [5.74, 6) is 0.778. The van der Waals surface area contributed by atoms with E-state index in [0.717, 1.165) is 27.0 Å². The number of benzene rings is 2. The van der Waals surface area contributed by atoms with Gasteiger partial charge in [-0.3, -0.25) is 9.48 Å². The third kappa shape index (κ3) is 4.50. The van der Waals surface area contributed by atoms with E-state index in [0.29, 0.717) is 13.2 Å². The van der Waals surface area contributed by atoms with Crippen LogP contribution >= 0.6 is 27.5 Å². The Labute approximate surface area is 159 Å². The zero-order valence-corrected chi connectivity index (χ0v) is 15.9. The molecule has 0 atom stereocenters. The SMILES string of the molecule is Cc1cc(C(=O)Cl)nn1Cc1cc(Br)ccc1OCc1ccccc1. The fraction of sp³-hybridized carbons (Fsp3) is 0.158. The summed E-state index contributed by atoms with van der Waals surface area (Å²) in [4.78, 5) is 11.3. The minimum Gasteiger partial charge on any atom is -0.489 e. The van der Waals surface area contributed by atoms with Crippen molar-refractivity contribution < 1.29 is 9.53 Å². The molecule has 0 N–H and O–H groups in total. The number of halogens is 2. The summed E-state index contributed by atoms with van der Waals surface area (Å²) in [6, 6.07) is 17.5. The summed E-state index contributed by atoms with van der Waals surface area (Å²) < 4.78 is 8.68. The highest BCUT2D eigenvalue weighted by atomic mass is 79.9. The van der Waals surface area contributed by atoms with E-state index >= 15 is 0 Å². The van der Waals surface area contributed by atoms with E-state index < -0.39 is 5.24 Å². The molecule has 0 bridgehead atoms. The van der Waals surface area contributed by atoms with Gasteiger partial charge in [0.2, 0.25) is 0 Å². The lowest BCUT2D eigenvalue weighted by Crippen LogP contribution is -2.07. The molecule has 0 saturated carbocycles. The molecule has 0 radical (unpaired) electrons. The molecule has 2 aromatic carbocycles. The van der Waals surface area contributed by atoms with Gasteiger partial charge < -0.3 is 4.74 Å². The summed E-state index contributed by atoms with van der Waals surface area (Å²) in [7, 11) is 0. The van der Waals surface area contributed by atoms with E-state index in [-0.39, 0.29) is 5.69 Å². The summed E-state index contributed by atoms with van der Waals surface area (Å²) in [6.45, 7) is 2.86. The Bertz CT molecular complexity index is 894. The van der Waals surface area contributed by atoms with E-state index in [1.54, 1.807) is 10.7 Å². The van der Waals surface area contributed by atoms with Crippen molar-refractivity contribution >= 4 is 32.8 Å². The van der Waals surface area contributed by atoms with Crippen LogP contribution in [0.4, 0.5) is 0 Å². The lowest BCUT2D eigenvalue weighted by atomic mass is 10.2. The molecule has 0 aliphatic heterocycles. The summed E-state index contributed by atoms with van der Waals surface area (Å²) in [5, 5.41) is 3.70. The maximum Gasteiger partial charge on any atom is 0.272 e. The van der Waals surface area contributed by atoms with Crippen molar-refractivity contribution in [1.29, 1.82) is 0 Å². The maximum absolute atomic E-state index is 11.3. The normalized spacial score (nSPS) is 10.7. The molecule has 25 heavy (non-hydrogen) atoms. The lowest BCUT2D eigenvalue weighted by Gasteiger charge is -2.13. The van der Waals surface area contributed by atoms with E-state index in [1.165, 1.54) is 0 Å². The van der Waals surface area contributed by atoms with Gasteiger partial charge in [-0.1, -0.05) is 46.3 Å². The van der Waals surface area contributed by atoms with Crippen LogP contribution in [0.1, 0.15) is 27.3 Å². The molecule has 0 amide bonds. The van der Waals surface area contributed by atoms with Crippen LogP contribution in [0, 0.1) is 6.92 Å². The Hall–Kier alpha value is -2.11. The first kappa shape index (κ1) is 17.7. The molecule has 3 rings (SSSR count). The molecule has 1 aromatic heterocycles. The van der Waals surface area contributed by atoms with Crippen LogP contribution in [0.3, 0.4) is 0 Å². The van der Waals surface area contributed by atoms with Gasteiger partial charge in [0.25, 0.3) is 5.24 Å². The number of carbonyl (C=O) groups excluding carboxylic acids is 1. The highest BCUT2D eigenvalue weighted by Gasteiger charge is 2.12. The van der Waals surface area contributed by atoms with Gasteiger partial charge in [0.1, 0.15) is 18.1 Å². The molecule has 0 saturated heterocycles. The number of carbonyl (C=O) groups is 1. The van der Waals surface area contributed by atoms with Crippen molar-refractivity contribution in [2.24, 2.45) is 0 Å². The molecule has 0 unspecified atom stereocenters. The second kappa shape index (κ2) is 7.85.